The van der Waals surface area contributed by atoms with Crippen LogP contribution in [0.15, 0.2) is 0 Å². The van der Waals surface area contributed by atoms with Gasteiger partial charge in [-0.25, -0.2) is 0 Å². The molecule has 1 unspecified atom stereocenters. The van der Waals surface area contributed by atoms with Crippen LogP contribution in [0.4, 0.5) is 0 Å². The van der Waals surface area contributed by atoms with Gasteiger partial charge in [0.1, 0.15) is 0 Å². The van der Waals surface area contributed by atoms with Gasteiger partial charge in [-0.15, -0.1) is 12.3 Å². The normalized spacial score (nSPS) is 12.2. The van der Waals surface area contributed by atoms with Gasteiger partial charge in [-0.3, -0.25) is 0 Å². The van der Waals surface area contributed by atoms with Crippen molar-refractivity contribution in [3.05, 3.63) is 0 Å². The molecule has 0 radical (unpaired) electrons. The Kier molecular flexibility index (Phi) is 21.2. The van der Waals surface area contributed by atoms with Gasteiger partial charge in [-0.05, 0) is 12.8 Å². The lowest BCUT2D eigenvalue weighted by Gasteiger charge is -2.08. The molecule has 0 spiro atoms. The number of hydrogen-bond acceptors (Lipinski definition) is 0. The van der Waals surface area contributed by atoms with E-state index in [0.29, 0.717) is 5.92 Å². The van der Waals surface area contributed by atoms with Gasteiger partial charge in [0.15, 0.2) is 0 Å². The molecule has 0 aliphatic carbocycles. The lowest BCUT2D eigenvalue weighted by molar-refractivity contribution is 0.493. The minimum atomic E-state index is 0.543. The summed E-state index contributed by atoms with van der Waals surface area (Å²) in [6.45, 7) is 4.53. The van der Waals surface area contributed by atoms with Crippen molar-refractivity contribution in [2.75, 3.05) is 0 Å². The van der Waals surface area contributed by atoms with E-state index in [0.717, 1.165) is 0 Å². The second-order valence-electron chi connectivity index (χ2n) is 8.10. The molecule has 0 aliphatic heterocycles. The maximum atomic E-state index is 5.58. The molecule has 0 amide bonds. The summed E-state index contributed by atoms with van der Waals surface area (Å²) in [5.74, 6) is 3.50. The SMILES string of the molecule is C#CC(CCC)CCCCCCCCCCCCCCCCCCC. The second-order valence-corrected chi connectivity index (χ2v) is 8.10. The van der Waals surface area contributed by atoms with Gasteiger partial charge in [0.25, 0.3) is 0 Å². The van der Waals surface area contributed by atoms with Crippen molar-refractivity contribution < 1.29 is 0 Å². The van der Waals surface area contributed by atoms with Crippen molar-refractivity contribution >= 4 is 0 Å². The molecule has 0 saturated heterocycles. The van der Waals surface area contributed by atoms with Gasteiger partial charge in [-0.2, -0.15) is 0 Å². The fraction of sp³-hybridized carbons (Fsp3) is 0.920. The lowest BCUT2D eigenvalue weighted by atomic mass is 9.96. The third kappa shape index (κ3) is 19.7. The first kappa shape index (κ1) is 24.6. The molecule has 148 valence electrons. The van der Waals surface area contributed by atoms with E-state index in [1.165, 1.54) is 128 Å². The smallest absolute Gasteiger partial charge is 0.0200 e. The molecule has 0 N–H and O–H groups in total. The van der Waals surface area contributed by atoms with Gasteiger partial charge in [0, 0.05) is 5.92 Å². The third-order valence-electron chi connectivity index (χ3n) is 5.53. The Bertz CT molecular complexity index is 272. The Morgan fingerprint density at radius 3 is 1.16 bits per heavy atom. The average molecular weight is 349 g/mol. The fourth-order valence-electron chi connectivity index (χ4n) is 3.78. The summed E-state index contributed by atoms with van der Waals surface area (Å²) in [4.78, 5) is 0. The summed E-state index contributed by atoms with van der Waals surface area (Å²) < 4.78 is 0. The molecule has 0 aromatic heterocycles. The van der Waals surface area contributed by atoms with E-state index < -0.39 is 0 Å². The van der Waals surface area contributed by atoms with Gasteiger partial charge in [0.05, 0.1) is 0 Å². The highest BCUT2D eigenvalue weighted by atomic mass is 14.1. The first-order valence-corrected chi connectivity index (χ1v) is 11.8. The Labute approximate surface area is 160 Å². The van der Waals surface area contributed by atoms with E-state index in [1.54, 1.807) is 0 Å². The monoisotopic (exact) mass is 348 g/mol. The Morgan fingerprint density at radius 2 is 0.840 bits per heavy atom. The number of unbranched alkanes of at least 4 members (excludes halogenated alkanes) is 16. The summed E-state index contributed by atoms with van der Waals surface area (Å²) >= 11 is 0. The zero-order valence-corrected chi connectivity index (χ0v) is 17.8. The van der Waals surface area contributed by atoms with Gasteiger partial charge >= 0.3 is 0 Å². The highest BCUT2D eigenvalue weighted by molar-refractivity contribution is 4.92. The van der Waals surface area contributed by atoms with Crippen LogP contribution < -0.4 is 0 Å². The zero-order chi connectivity index (χ0) is 18.4. The molecule has 0 fully saturated rings. The van der Waals surface area contributed by atoms with Crippen LogP contribution in [0.1, 0.15) is 142 Å². The standard InChI is InChI=1S/C25H48/c1-4-7-8-9-10-11-12-13-14-15-16-17-18-19-20-21-22-24-25(6-3)23-5-2/h3,25H,4-5,7-24H2,1-2H3. The van der Waals surface area contributed by atoms with Crippen molar-refractivity contribution in [2.45, 2.75) is 142 Å². The molecule has 0 rings (SSSR count). The minimum Gasteiger partial charge on any atom is -0.120 e. The Morgan fingerprint density at radius 1 is 0.480 bits per heavy atom. The van der Waals surface area contributed by atoms with E-state index in [-0.39, 0.29) is 0 Å². The quantitative estimate of drug-likeness (QED) is 0.152. The molecule has 25 heavy (non-hydrogen) atoms. The highest BCUT2D eigenvalue weighted by Crippen LogP contribution is 2.17. The van der Waals surface area contributed by atoms with Gasteiger partial charge < -0.3 is 0 Å². The van der Waals surface area contributed by atoms with E-state index in [9.17, 15) is 0 Å². The molecular formula is C25H48. The molecule has 0 aromatic carbocycles. The molecule has 1 atom stereocenters. The van der Waals surface area contributed by atoms with Gasteiger partial charge in [-0.1, -0.05) is 129 Å². The summed E-state index contributed by atoms with van der Waals surface area (Å²) in [5.41, 5.74) is 0. The second kappa shape index (κ2) is 21.6. The molecule has 0 aliphatic rings. The molecule has 0 bridgehead atoms. The van der Waals surface area contributed by atoms with Crippen LogP contribution in [0.3, 0.4) is 0 Å². The Balaban J connectivity index is 3.08. The molecule has 0 aromatic rings. The highest BCUT2D eigenvalue weighted by Gasteiger charge is 2.02. The first-order chi connectivity index (χ1) is 12.3. The number of hydrogen-bond donors (Lipinski definition) is 0. The van der Waals surface area contributed by atoms with E-state index in [2.05, 4.69) is 19.8 Å². The van der Waals surface area contributed by atoms with Crippen LogP contribution in [-0.4, -0.2) is 0 Å². The first-order valence-electron chi connectivity index (χ1n) is 11.8. The lowest BCUT2D eigenvalue weighted by Crippen LogP contribution is -1.96. The predicted octanol–water partition coefficient (Wildman–Crippen LogP) is 9.08. The van der Waals surface area contributed by atoms with E-state index >= 15 is 0 Å². The maximum absolute atomic E-state index is 5.58. The largest absolute Gasteiger partial charge is 0.120 e. The maximum Gasteiger partial charge on any atom is 0.0200 e. The van der Waals surface area contributed by atoms with Crippen LogP contribution in [-0.2, 0) is 0 Å². The summed E-state index contributed by atoms with van der Waals surface area (Å²) in [5, 5.41) is 0. The van der Waals surface area contributed by atoms with Gasteiger partial charge in [0.2, 0.25) is 0 Å². The van der Waals surface area contributed by atoms with Crippen LogP contribution in [0, 0.1) is 18.3 Å². The predicted molar refractivity (Wildman–Crippen MR) is 116 cm³/mol. The van der Waals surface area contributed by atoms with Crippen LogP contribution in [0.2, 0.25) is 0 Å². The van der Waals surface area contributed by atoms with Crippen molar-refractivity contribution in [1.82, 2.24) is 0 Å². The molecule has 0 saturated carbocycles. The van der Waals surface area contributed by atoms with Crippen LogP contribution in [0.5, 0.6) is 0 Å². The molecular weight excluding hydrogens is 300 g/mol. The zero-order valence-electron chi connectivity index (χ0n) is 17.8. The molecule has 0 heteroatoms. The van der Waals surface area contributed by atoms with Crippen molar-refractivity contribution in [2.24, 2.45) is 5.92 Å². The summed E-state index contributed by atoms with van der Waals surface area (Å²) in [6.07, 6.45) is 33.8. The van der Waals surface area contributed by atoms with Crippen LogP contribution in [0.25, 0.3) is 0 Å². The third-order valence-corrected chi connectivity index (χ3v) is 5.53. The average Bonchev–Trinajstić information content (AvgIpc) is 2.63. The van der Waals surface area contributed by atoms with Crippen molar-refractivity contribution in [3.63, 3.8) is 0 Å². The number of terminal acetylenes is 1. The summed E-state index contributed by atoms with van der Waals surface area (Å²) in [6, 6.07) is 0. The fourth-order valence-corrected chi connectivity index (χ4v) is 3.78. The summed E-state index contributed by atoms with van der Waals surface area (Å²) in [7, 11) is 0. The van der Waals surface area contributed by atoms with Crippen molar-refractivity contribution in [3.8, 4) is 12.3 Å². The Hall–Kier alpha value is -0.440. The number of rotatable bonds is 20. The molecule has 0 heterocycles. The van der Waals surface area contributed by atoms with E-state index in [1.807, 2.05) is 0 Å². The van der Waals surface area contributed by atoms with E-state index in [4.69, 9.17) is 6.42 Å². The van der Waals surface area contributed by atoms with Crippen molar-refractivity contribution in [1.29, 1.82) is 0 Å². The van der Waals surface area contributed by atoms with Crippen LogP contribution >= 0.6 is 0 Å². The topological polar surface area (TPSA) is 0 Å². The minimum absolute atomic E-state index is 0.543. The molecule has 0 nitrogen and oxygen atoms in total.